The maximum Gasteiger partial charge on any atom is 0.267 e. The molecule has 0 atom stereocenters. The minimum Gasteiger partial charge on any atom is -0.489 e. The van der Waals surface area contributed by atoms with E-state index in [2.05, 4.69) is 15.5 Å². The van der Waals surface area contributed by atoms with E-state index in [9.17, 15) is 14.0 Å². The Morgan fingerprint density at radius 3 is 2.54 bits per heavy atom. The third kappa shape index (κ3) is 8.65. The summed E-state index contributed by atoms with van der Waals surface area (Å²) in [6.07, 6.45) is 4.83. The molecule has 1 N–H and O–H groups in total. The quantitative estimate of drug-likeness (QED) is 0.0843. The monoisotopic (exact) mass is 660 g/mol. The third-order valence-corrected chi connectivity index (χ3v) is 7.93. The molecule has 11 heteroatoms. The van der Waals surface area contributed by atoms with Crippen molar-refractivity contribution in [2.45, 2.75) is 13.2 Å². The molecule has 2 amide bonds. The number of thioether (sulfide) groups is 1. The van der Waals surface area contributed by atoms with Gasteiger partial charge in [-0.3, -0.25) is 14.5 Å². The number of anilines is 1. The van der Waals surface area contributed by atoms with E-state index in [1.807, 2.05) is 54.6 Å². The number of benzene rings is 4. The number of para-hydroxylation sites is 1. The zero-order chi connectivity index (χ0) is 33.1. The number of amidine groups is 1. The van der Waals surface area contributed by atoms with Crippen LogP contribution >= 0.6 is 11.8 Å². The van der Waals surface area contributed by atoms with Crippen molar-refractivity contribution in [1.29, 1.82) is 0 Å². The molecule has 0 saturated carbocycles. The summed E-state index contributed by atoms with van der Waals surface area (Å²) in [5.74, 6) is 0.581. The molecule has 5 aromatic rings. The lowest BCUT2D eigenvalue weighted by Crippen LogP contribution is -2.28. The van der Waals surface area contributed by atoms with E-state index >= 15 is 0 Å². The third-order valence-electron chi connectivity index (χ3n) is 6.93. The number of carbonyl (C=O) groups is 2. The van der Waals surface area contributed by atoms with Crippen LogP contribution in [0.1, 0.15) is 22.5 Å². The second kappa shape index (κ2) is 15.6. The molecule has 0 unspecified atom stereocenters. The van der Waals surface area contributed by atoms with Gasteiger partial charge >= 0.3 is 0 Å². The average Bonchev–Trinajstić information content (AvgIpc) is 3.73. The van der Waals surface area contributed by atoms with E-state index in [0.29, 0.717) is 45.2 Å². The Hall–Kier alpha value is -5.94. The lowest BCUT2D eigenvalue weighted by molar-refractivity contribution is -0.122. The van der Waals surface area contributed by atoms with Crippen molar-refractivity contribution in [3.8, 4) is 11.5 Å². The standard InChI is InChI=1S/C37H29FN4O5S/c38-29-15-17-30(18-16-29)40-35(43)25-47-33-14-5-4-11-28(33)21-34-36(44)42(23-32-13-7-19-45-32)37(48-34)41-39-22-27-10-6-12-31(20-27)46-24-26-8-2-1-3-9-26/h1-22H,23-25H2,(H,40,43)/b34-21-,39-22+,41-37-. The number of furan rings is 1. The zero-order valence-corrected chi connectivity index (χ0v) is 26.3. The van der Waals surface area contributed by atoms with Crippen LogP contribution in [0.25, 0.3) is 6.08 Å². The summed E-state index contributed by atoms with van der Waals surface area (Å²) in [5.41, 5.74) is 2.89. The number of ether oxygens (including phenoxy) is 2. The molecule has 0 spiro atoms. The molecular weight excluding hydrogens is 631 g/mol. The van der Waals surface area contributed by atoms with Gasteiger partial charge in [0.05, 0.1) is 23.9 Å². The Kier molecular flexibility index (Phi) is 10.4. The van der Waals surface area contributed by atoms with Crippen LogP contribution in [0, 0.1) is 5.82 Å². The molecule has 240 valence electrons. The van der Waals surface area contributed by atoms with Crippen LogP contribution in [0.15, 0.2) is 141 Å². The molecule has 1 aliphatic heterocycles. The summed E-state index contributed by atoms with van der Waals surface area (Å²) in [6, 6.07) is 33.4. The number of hydrogen-bond acceptors (Lipinski definition) is 8. The van der Waals surface area contributed by atoms with Crippen molar-refractivity contribution in [2.75, 3.05) is 11.9 Å². The van der Waals surface area contributed by atoms with Gasteiger partial charge in [0, 0.05) is 11.3 Å². The molecule has 1 aromatic heterocycles. The predicted molar refractivity (Wildman–Crippen MR) is 184 cm³/mol. The molecule has 0 aliphatic carbocycles. The maximum atomic E-state index is 13.6. The van der Waals surface area contributed by atoms with E-state index in [1.54, 1.807) is 55.0 Å². The lowest BCUT2D eigenvalue weighted by Gasteiger charge is -2.12. The Bertz CT molecular complexity index is 1960. The van der Waals surface area contributed by atoms with Gasteiger partial charge in [-0.05, 0) is 83.6 Å². The topological polar surface area (TPSA) is 106 Å². The SMILES string of the molecule is O=C(COc1ccccc1/C=C1\S/C(=N\N=C\c2cccc(OCc3ccccc3)c2)N(Cc2ccco2)C1=O)Nc1ccc(F)cc1. The van der Waals surface area contributed by atoms with E-state index < -0.39 is 11.7 Å². The van der Waals surface area contributed by atoms with Crippen molar-refractivity contribution < 1.29 is 27.9 Å². The fraction of sp³-hybridized carbons (Fsp3) is 0.0811. The van der Waals surface area contributed by atoms with E-state index in [4.69, 9.17) is 13.9 Å². The molecule has 1 saturated heterocycles. The minimum absolute atomic E-state index is 0.162. The second-order valence-electron chi connectivity index (χ2n) is 10.4. The van der Waals surface area contributed by atoms with Gasteiger partial charge in [-0.1, -0.05) is 60.7 Å². The molecule has 6 rings (SSSR count). The second-order valence-corrected chi connectivity index (χ2v) is 11.4. The van der Waals surface area contributed by atoms with Crippen LogP contribution in [-0.4, -0.2) is 34.7 Å². The van der Waals surface area contributed by atoms with E-state index in [1.165, 1.54) is 40.9 Å². The molecule has 1 aliphatic rings. The van der Waals surface area contributed by atoms with Crippen molar-refractivity contribution in [2.24, 2.45) is 10.2 Å². The van der Waals surface area contributed by atoms with Gasteiger partial charge in [-0.2, -0.15) is 5.10 Å². The van der Waals surface area contributed by atoms with Gasteiger partial charge < -0.3 is 19.2 Å². The molecule has 0 bridgehead atoms. The summed E-state index contributed by atoms with van der Waals surface area (Å²) in [7, 11) is 0. The first-order valence-electron chi connectivity index (χ1n) is 14.9. The predicted octanol–water partition coefficient (Wildman–Crippen LogP) is 7.52. The van der Waals surface area contributed by atoms with Crippen LogP contribution in [0.2, 0.25) is 0 Å². The Labute approximate surface area is 280 Å². The van der Waals surface area contributed by atoms with Crippen molar-refractivity contribution in [3.63, 3.8) is 0 Å². The van der Waals surface area contributed by atoms with E-state index in [-0.39, 0.29) is 19.1 Å². The number of hydrogen-bond donors (Lipinski definition) is 1. The molecule has 9 nitrogen and oxygen atoms in total. The normalized spacial score (nSPS) is 14.6. The number of carbonyl (C=O) groups excluding carboxylic acids is 2. The van der Waals surface area contributed by atoms with Gasteiger partial charge in [0.25, 0.3) is 11.8 Å². The highest BCUT2D eigenvalue weighted by molar-refractivity contribution is 8.18. The van der Waals surface area contributed by atoms with Gasteiger partial charge in [-0.15, -0.1) is 5.10 Å². The van der Waals surface area contributed by atoms with E-state index in [0.717, 1.165) is 11.1 Å². The highest BCUT2D eigenvalue weighted by atomic mass is 32.2. The van der Waals surface area contributed by atoms with Crippen LogP contribution in [0.3, 0.4) is 0 Å². The molecule has 0 radical (unpaired) electrons. The smallest absolute Gasteiger partial charge is 0.267 e. The lowest BCUT2D eigenvalue weighted by atomic mass is 10.2. The Balaban J connectivity index is 1.16. The summed E-state index contributed by atoms with van der Waals surface area (Å²) in [5, 5.41) is 11.7. The first-order valence-corrected chi connectivity index (χ1v) is 15.7. The average molecular weight is 661 g/mol. The fourth-order valence-electron chi connectivity index (χ4n) is 4.60. The number of nitrogens with one attached hydrogen (secondary N) is 1. The highest BCUT2D eigenvalue weighted by Gasteiger charge is 2.34. The first kappa shape index (κ1) is 32.0. The summed E-state index contributed by atoms with van der Waals surface area (Å²) in [6.45, 7) is 0.314. The number of nitrogens with zero attached hydrogens (tertiary/aromatic N) is 3. The number of amides is 2. The Morgan fingerprint density at radius 1 is 0.917 bits per heavy atom. The molecule has 1 fully saturated rings. The van der Waals surface area contributed by atoms with Gasteiger partial charge in [0.1, 0.15) is 29.7 Å². The van der Waals surface area contributed by atoms with Crippen LogP contribution in [0.5, 0.6) is 11.5 Å². The van der Waals surface area contributed by atoms with Crippen molar-refractivity contribution in [1.82, 2.24) is 4.90 Å². The zero-order valence-electron chi connectivity index (χ0n) is 25.5. The fourth-order valence-corrected chi connectivity index (χ4v) is 5.52. The van der Waals surface area contributed by atoms with Crippen molar-refractivity contribution >= 4 is 46.7 Å². The summed E-state index contributed by atoms with van der Waals surface area (Å²) < 4.78 is 30.4. The van der Waals surface area contributed by atoms with Gasteiger partial charge in [0.15, 0.2) is 11.8 Å². The number of rotatable bonds is 12. The van der Waals surface area contributed by atoms with Gasteiger partial charge in [-0.25, -0.2) is 4.39 Å². The first-order chi connectivity index (χ1) is 23.5. The molecule has 2 heterocycles. The summed E-state index contributed by atoms with van der Waals surface area (Å²) in [4.78, 5) is 28.0. The van der Waals surface area contributed by atoms with Crippen LogP contribution in [0.4, 0.5) is 10.1 Å². The van der Waals surface area contributed by atoms with Crippen LogP contribution < -0.4 is 14.8 Å². The van der Waals surface area contributed by atoms with Crippen LogP contribution in [-0.2, 0) is 22.7 Å². The van der Waals surface area contributed by atoms with Crippen molar-refractivity contribution in [3.05, 3.63) is 155 Å². The summed E-state index contributed by atoms with van der Waals surface area (Å²) >= 11 is 1.17. The largest absolute Gasteiger partial charge is 0.489 e. The minimum atomic E-state index is -0.416. The Morgan fingerprint density at radius 2 is 1.73 bits per heavy atom. The van der Waals surface area contributed by atoms with Gasteiger partial charge in [0.2, 0.25) is 0 Å². The maximum absolute atomic E-state index is 13.6. The highest BCUT2D eigenvalue weighted by Crippen LogP contribution is 2.35. The molecule has 48 heavy (non-hydrogen) atoms. The number of halogens is 1. The molecule has 4 aromatic carbocycles. The molecular formula is C37H29FN4O5S.